The lowest BCUT2D eigenvalue weighted by atomic mass is 9.95. The standard InChI is InChI=1S/C21H21Cl2N3O3/c1-25(2)10-3-11-26-18(14-4-5-15(22)16(23)12-14)17(20(28)21(26)29)19(27)13-6-8-24-9-7-13/h4-9,12,18,27H,3,10-11H2,1-2H3/b19-17+/t18-/m1/s1. The Morgan fingerprint density at radius 3 is 2.45 bits per heavy atom. The summed E-state index contributed by atoms with van der Waals surface area (Å²) >= 11 is 12.2. The number of aromatic nitrogens is 1. The summed E-state index contributed by atoms with van der Waals surface area (Å²) in [5, 5.41) is 11.6. The Labute approximate surface area is 179 Å². The molecule has 0 bridgehead atoms. The summed E-state index contributed by atoms with van der Waals surface area (Å²) in [6, 6.07) is 7.37. The molecular formula is C21H21Cl2N3O3. The normalized spacial score (nSPS) is 18.7. The number of amides is 1. The number of pyridine rings is 1. The number of carbonyl (C=O) groups excluding carboxylic acids is 2. The van der Waals surface area contributed by atoms with Crippen LogP contribution < -0.4 is 0 Å². The summed E-state index contributed by atoms with van der Waals surface area (Å²) in [7, 11) is 3.88. The molecule has 8 heteroatoms. The Hall–Kier alpha value is -2.41. The van der Waals surface area contributed by atoms with Crippen molar-refractivity contribution < 1.29 is 14.7 Å². The quantitative estimate of drug-likeness (QED) is 0.426. The van der Waals surface area contributed by atoms with E-state index in [0.29, 0.717) is 34.1 Å². The smallest absolute Gasteiger partial charge is 0.295 e. The number of ketones is 1. The van der Waals surface area contributed by atoms with Crippen molar-refractivity contribution in [2.75, 3.05) is 27.2 Å². The lowest BCUT2D eigenvalue weighted by Gasteiger charge is -2.26. The predicted octanol–water partition coefficient (Wildman–Crippen LogP) is 3.76. The number of rotatable bonds is 6. The van der Waals surface area contributed by atoms with Gasteiger partial charge in [0.15, 0.2) is 0 Å². The molecule has 1 fully saturated rings. The van der Waals surface area contributed by atoms with Crippen molar-refractivity contribution in [2.45, 2.75) is 12.5 Å². The number of hydrogen-bond acceptors (Lipinski definition) is 5. The molecule has 1 saturated heterocycles. The predicted molar refractivity (Wildman–Crippen MR) is 113 cm³/mol. The Balaban J connectivity index is 2.11. The molecular weight excluding hydrogens is 413 g/mol. The van der Waals surface area contributed by atoms with E-state index in [0.717, 1.165) is 6.54 Å². The molecule has 152 valence electrons. The van der Waals surface area contributed by atoms with Gasteiger partial charge in [-0.25, -0.2) is 0 Å². The maximum absolute atomic E-state index is 12.9. The maximum atomic E-state index is 12.9. The van der Waals surface area contributed by atoms with Crippen LogP contribution >= 0.6 is 23.2 Å². The lowest BCUT2D eigenvalue weighted by Crippen LogP contribution is -2.32. The zero-order valence-electron chi connectivity index (χ0n) is 16.1. The van der Waals surface area contributed by atoms with Crippen molar-refractivity contribution >= 4 is 40.7 Å². The van der Waals surface area contributed by atoms with Crippen LogP contribution in [0.1, 0.15) is 23.6 Å². The molecule has 1 amide bonds. The summed E-state index contributed by atoms with van der Waals surface area (Å²) in [6.07, 6.45) is 3.69. The SMILES string of the molecule is CN(C)CCCN1C(=O)C(=O)/C(=C(/O)c2ccncc2)[C@H]1c1ccc(Cl)c(Cl)c1. The highest BCUT2D eigenvalue weighted by Gasteiger charge is 2.45. The number of aliphatic hydroxyl groups excluding tert-OH is 1. The number of nitrogens with zero attached hydrogens (tertiary/aromatic N) is 3. The van der Waals surface area contributed by atoms with E-state index in [9.17, 15) is 14.7 Å². The fourth-order valence-electron chi connectivity index (χ4n) is 3.36. The van der Waals surface area contributed by atoms with E-state index >= 15 is 0 Å². The fraction of sp³-hybridized carbons (Fsp3) is 0.286. The molecule has 29 heavy (non-hydrogen) atoms. The monoisotopic (exact) mass is 433 g/mol. The second-order valence-electron chi connectivity index (χ2n) is 7.06. The highest BCUT2D eigenvalue weighted by molar-refractivity contribution is 6.46. The number of benzene rings is 1. The van der Waals surface area contributed by atoms with Gasteiger partial charge in [0.05, 0.1) is 21.7 Å². The number of halogens is 2. The third-order valence-electron chi connectivity index (χ3n) is 4.76. The zero-order chi connectivity index (χ0) is 21.1. The molecule has 1 atom stereocenters. The molecule has 0 radical (unpaired) electrons. The Morgan fingerprint density at radius 1 is 1.14 bits per heavy atom. The highest BCUT2D eigenvalue weighted by Crippen LogP contribution is 2.40. The molecule has 0 spiro atoms. The molecule has 1 aromatic carbocycles. The largest absolute Gasteiger partial charge is 0.507 e. The number of Topliss-reactive ketones (excluding diaryl/α,β-unsaturated/α-hetero) is 1. The maximum Gasteiger partial charge on any atom is 0.295 e. The van der Waals surface area contributed by atoms with Gasteiger partial charge in [-0.3, -0.25) is 14.6 Å². The minimum atomic E-state index is -0.750. The molecule has 1 N–H and O–H groups in total. The first-order valence-electron chi connectivity index (χ1n) is 9.09. The third-order valence-corrected chi connectivity index (χ3v) is 5.50. The Kier molecular flexibility index (Phi) is 6.57. The van der Waals surface area contributed by atoms with Gasteiger partial charge in [0.1, 0.15) is 5.76 Å². The van der Waals surface area contributed by atoms with Crippen molar-refractivity contribution in [3.8, 4) is 0 Å². The molecule has 0 saturated carbocycles. The first-order valence-corrected chi connectivity index (χ1v) is 9.85. The molecule has 3 rings (SSSR count). The summed E-state index contributed by atoms with van der Waals surface area (Å²) in [5.74, 6) is -1.60. The third kappa shape index (κ3) is 4.45. The van der Waals surface area contributed by atoms with Crippen LogP contribution in [0.25, 0.3) is 5.76 Å². The van der Waals surface area contributed by atoms with Crippen LogP contribution in [0.5, 0.6) is 0 Å². The van der Waals surface area contributed by atoms with Gasteiger partial charge in [0, 0.05) is 24.5 Å². The average molecular weight is 434 g/mol. The number of carbonyl (C=O) groups is 2. The van der Waals surface area contributed by atoms with Crippen molar-refractivity contribution in [1.82, 2.24) is 14.8 Å². The molecule has 0 aliphatic carbocycles. The topological polar surface area (TPSA) is 73.7 Å². The summed E-state index contributed by atoms with van der Waals surface area (Å²) in [5.41, 5.74) is 1.06. The second-order valence-corrected chi connectivity index (χ2v) is 7.87. The Bertz CT molecular complexity index is 961. The van der Waals surface area contributed by atoms with Gasteiger partial charge in [-0.05, 0) is 56.9 Å². The molecule has 6 nitrogen and oxygen atoms in total. The van der Waals surface area contributed by atoms with E-state index in [2.05, 4.69) is 4.98 Å². The minimum Gasteiger partial charge on any atom is -0.507 e. The van der Waals surface area contributed by atoms with Crippen LogP contribution in [0.15, 0.2) is 48.3 Å². The first kappa shape index (κ1) is 21.3. The first-order chi connectivity index (χ1) is 13.8. The number of likely N-dealkylation sites (tertiary alicyclic amines) is 1. The van der Waals surface area contributed by atoms with Crippen LogP contribution in [0, 0.1) is 0 Å². The van der Waals surface area contributed by atoms with E-state index in [1.807, 2.05) is 19.0 Å². The fourth-order valence-corrected chi connectivity index (χ4v) is 3.67. The van der Waals surface area contributed by atoms with Crippen LogP contribution in [-0.2, 0) is 9.59 Å². The van der Waals surface area contributed by atoms with Crippen LogP contribution in [-0.4, -0.2) is 58.8 Å². The van der Waals surface area contributed by atoms with Gasteiger partial charge >= 0.3 is 0 Å². The van der Waals surface area contributed by atoms with E-state index in [1.165, 1.54) is 17.3 Å². The van der Waals surface area contributed by atoms with Crippen LogP contribution in [0.2, 0.25) is 10.0 Å². The van der Waals surface area contributed by atoms with Gasteiger partial charge in [0.25, 0.3) is 11.7 Å². The van der Waals surface area contributed by atoms with Crippen molar-refractivity contribution in [2.24, 2.45) is 0 Å². The molecule has 1 aliphatic heterocycles. The average Bonchev–Trinajstić information content (AvgIpc) is 2.95. The molecule has 2 aromatic rings. The van der Waals surface area contributed by atoms with Crippen LogP contribution in [0.4, 0.5) is 0 Å². The molecule has 1 aliphatic rings. The van der Waals surface area contributed by atoms with Gasteiger partial charge in [-0.1, -0.05) is 29.3 Å². The summed E-state index contributed by atoms with van der Waals surface area (Å²) < 4.78 is 0. The van der Waals surface area contributed by atoms with E-state index in [1.54, 1.807) is 30.3 Å². The lowest BCUT2D eigenvalue weighted by molar-refractivity contribution is -0.139. The van der Waals surface area contributed by atoms with Crippen LogP contribution in [0.3, 0.4) is 0 Å². The number of hydrogen-bond donors (Lipinski definition) is 1. The van der Waals surface area contributed by atoms with Crippen molar-refractivity contribution in [3.63, 3.8) is 0 Å². The van der Waals surface area contributed by atoms with Gasteiger partial charge in [-0.15, -0.1) is 0 Å². The number of aliphatic hydroxyl groups is 1. The van der Waals surface area contributed by atoms with Crippen molar-refractivity contribution in [1.29, 1.82) is 0 Å². The van der Waals surface area contributed by atoms with Gasteiger partial charge in [0.2, 0.25) is 0 Å². The minimum absolute atomic E-state index is 0.0319. The molecule has 1 aromatic heterocycles. The van der Waals surface area contributed by atoms with E-state index in [4.69, 9.17) is 23.2 Å². The highest BCUT2D eigenvalue weighted by atomic mass is 35.5. The summed E-state index contributed by atoms with van der Waals surface area (Å²) in [6.45, 7) is 1.11. The van der Waals surface area contributed by atoms with Gasteiger partial charge in [-0.2, -0.15) is 0 Å². The van der Waals surface area contributed by atoms with E-state index in [-0.39, 0.29) is 11.3 Å². The summed E-state index contributed by atoms with van der Waals surface area (Å²) in [4.78, 5) is 33.1. The van der Waals surface area contributed by atoms with E-state index < -0.39 is 17.7 Å². The van der Waals surface area contributed by atoms with Gasteiger partial charge < -0.3 is 14.9 Å². The second kappa shape index (κ2) is 8.95. The molecule has 2 heterocycles. The van der Waals surface area contributed by atoms with Crippen molar-refractivity contribution in [3.05, 3.63) is 69.5 Å². The molecule has 0 unspecified atom stereocenters. The zero-order valence-corrected chi connectivity index (χ0v) is 17.6. The Morgan fingerprint density at radius 2 is 1.83 bits per heavy atom.